The molecule has 0 aliphatic carbocycles. The molecule has 0 unspecified atom stereocenters. The molecule has 0 N–H and O–H groups in total. The molecule has 0 nitrogen and oxygen atoms in total. The van der Waals surface area contributed by atoms with Gasteiger partial charge in [-0.05, 0) is 50.3 Å². The Morgan fingerprint density at radius 1 is 0.538 bits per heavy atom. The molecule has 0 aliphatic rings. The van der Waals surface area contributed by atoms with Crippen molar-refractivity contribution in [3.8, 4) is 22.3 Å². The summed E-state index contributed by atoms with van der Waals surface area (Å²) in [6.45, 7) is 13.7. The molecule has 133 valence electrons. The van der Waals surface area contributed by atoms with E-state index in [4.69, 9.17) is 0 Å². The molecule has 1 radical (unpaired) electrons. The molecule has 0 saturated heterocycles. The van der Waals surface area contributed by atoms with Crippen LogP contribution in [0.3, 0.4) is 0 Å². The molecule has 0 fully saturated rings. The van der Waals surface area contributed by atoms with Gasteiger partial charge in [-0.2, -0.15) is 0 Å². The van der Waals surface area contributed by atoms with Crippen LogP contribution in [0.1, 0.15) is 52.7 Å². The summed E-state index contributed by atoms with van der Waals surface area (Å²) in [6, 6.07) is 27.4. The highest BCUT2D eigenvalue weighted by Gasteiger charge is 2.23. The third-order valence-electron chi connectivity index (χ3n) is 4.89. The SMILES string of the molecule is CC(C)(C)c1ccccc1-c1[c]cccc1-c1ccccc1C(C)(C)C. The predicted molar refractivity (Wildman–Crippen MR) is 114 cm³/mol. The number of hydrogen-bond donors (Lipinski definition) is 0. The highest BCUT2D eigenvalue weighted by molar-refractivity contribution is 5.86. The van der Waals surface area contributed by atoms with Gasteiger partial charge in [0.05, 0.1) is 0 Å². The van der Waals surface area contributed by atoms with Crippen LogP contribution in [-0.2, 0) is 10.8 Å². The maximum atomic E-state index is 3.54. The fraction of sp³-hybridized carbons (Fsp3) is 0.308. The van der Waals surface area contributed by atoms with Crippen LogP contribution in [0.15, 0.2) is 66.7 Å². The molecule has 0 heteroatoms. The van der Waals surface area contributed by atoms with Crippen molar-refractivity contribution in [1.29, 1.82) is 0 Å². The average molecular weight is 342 g/mol. The first kappa shape index (κ1) is 18.5. The van der Waals surface area contributed by atoms with E-state index in [0.717, 1.165) is 0 Å². The van der Waals surface area contributed by atoms with Gasteiger partial charge in [-0.3, -0.25) is 0 Å². The third-order valence-corrected chi connectivity index (χ3v) is 4.89. The molecule has 3 rings (SSSR count). The Balaban J connectivity index is 2.29. The van der Waals surface area contributed by atoms with E-state index in [1.807, 2.05) is 6.07 Å². The molecular formula is C26H29. The summed E-state index contributed by atoms with van der Waals surface area (Å²) in [5, 5.41) is 0. The summed E-state index contributed by atoms with van der Waals surface area (Å²) >= 11 is 0. The summed E-state index contributed by atoms with van der Waals surface area (Å²) in [5.41, 5.74) is 7.93. The van der Waals surface area contributed by atoms with E-state index in [2.05, 4.69) is 108 Å². The Labute approximate surface area is 158 Å². The molecule has 0 saturated carbocycles. The van der Waals surface area contributed by atoms with Crippen LogP contribution < -0.4 is 0 Å². The number of benzene rings is 3. The van der Waals surface area contributed by atoms with E-state index in [1.54, 1.807) is 0 Å². The molecule has 0 atom stereocenters. The number of hydrogen-bond acceptors (Lipinski definition) is 0. The second-order valence-corrected chi connectivity index (χ2v) is 9.05. The predicted octanol–water partition coefficient (Wildman–Crippen LogP) is 7.42. The highest BCUT2D eigenvalue weighted by Crippen LogP contribution is 2.41. The van der Waals surface area contributed by atoms with Crippen molar-refractivity contribution in [3.63, 3.8) is 0 Å². The Morgan fingerprint density at radius 2 is 1.00 bits per heavy atom. The van der Waals surface area contributed by atoms with Gasteiger partial charge in [0, 0.05) is 0 Å². The fourth-order valence-electron chi connectivity index (χ4n) is 3.61. The van der Waals surface area contributed by atoms with Gasteiger partial charge in [0.25, 0.3) is 0 Å². The summed E-state index contributed by atoms with van der Waals surface area (Å²) < 4.78 is 0. The van der Waals surface area contributed by atoms with Gasteiger partial charge in [-0.1, -0.05) is 108 Å². The quantitative estimate of drug-likeness (QED) is 0.455. The van der Waals surface area contributed by atoms with Crippen LogP contribution in [0.25, 0.3) is 22.3 Å². The smallest absolute Gasteiger partial charge is 0.00235 e. The third kappa shape index (κ3) is 3.60. The van der Waals surface area contributed by atoms with E-state index < -0.39 is 0 Å². The van der Waals surface area contributed by atoms with Crippen molar-refractivity contribution < 1.29 is 0 Å². The van der Waals surface area contributed by atoms with Crippen molar-refractivity contribution in [1.82, 2.24) is 0 Å². The molecular weight excluding hydrogens is 312 g/mol. The molecule has 3 aromatic carbocycles. The van der Waals surface area contributed by atoms with Gasteiger partial charge >= 0.3 is 0 Å². The first-order valence-electron chi connectivity index (χ1n) is 9.40. The molecule has 0 spiro atoms. The molecule has 0 amide bonds. The summed E-state index contributed by atoms with van der Waals surface area (Å²) in [7, 11) is 0. The van der Waals surface area contributed by atoms with Crippen LogP contribution in [0.5, 0.6) is 0 Å². The maximum absolute atomic E-state index is 3.54. The van der Waals surface area contributed by atoms with Crippen LogP contribution >= 0.6 is 0 Å². The van der Waals surface area contributed by atoms with Gasteiger partial charge in [-0.25, -0.2) is 0 Å². The van der Waals surface area contributed by atoms with Gasteiger partial charge in [0.15, 0.2) is 0 Å². The standard InChI is InChI=1S/C26H29/c1-25(2,3)23-17-11-9-15-21(23)19-13-7-8-14-20(19)22-16-10-12-18-24(22)26(4,5)6/h7-13,15-18H,1-6H3. The summed E-state index contributed by atoms with van der Waals surface area (Å²) in [5.74, 6) is 0. The zero-order valence-electron chi connectivity index (χ0n) is 16.9. The minimum atomic E-state index is 0.0844. The largest absolute Gasteiger partial charge is 0.0619 e. The van der Waals surface area contributed by atoms with Gasteiger partial charge in [0.2, 0.25) is 0 Å². The number of rotatable bonds is 2. The lowest BCUT2D eigenvalue weighted by molar-refractivity contribution is 0.591. The molecule has 0 bridgehead atoms. The Hall–Kier alpha value is -2.34. The van der Waals surface area contributed by atoms with E-state index >= 15 is 0 Å². The second kappa shape index (κ2) is 6.76. The van der Waals surface area contributed by atoms with E-state index in [9.17, 15) is 0 Å². The molecule has 0 heterocycles. The minimum absolute atomic E-state index is 0.0844. The van der Waals surface area contributed by atoms with Crippen LogP contribution in [-0.4, -0.2) is 0 Å². The zero-order valence-corrected chi connectivity index (χ0v) is 16.9. The van der Waals surface area contributed by atoms with Gasteiger partial charge < -0.3 is 0 Å². The fourth-order valence-corrected chi connectivity index (χ4v) is 3.61. The van der Waals surface area contributed by atoms with E-state index in [0.29, 0.717) is 0 Å². The second-order valence-electron chi connectivity index (χ2n) is 9.05. The molecule has 0 aromatic heterocycles. The summed E-state index contributed by atoms with van der Waals surface area (Å²) in [4.78, 5) is 0. The van der Waals surface area contributed by atoms with Crippen LogP contribution in [0.2, 0.25) is 0 Å². The lowest BCUT2D eigenvalue weighted by Gasteiger charge is -2.26. The molecule has 3 aromatic rings. The maximum Gasteiger partial charge on any atom is -0.00235 e. The monoisotopic (exact) mass is 341 g/mol. The first-order valence-corrected chi connectivity index (χ1v) is 9.40. The average Bonchev–Trinajstić information content (AvgIpc) is 2.60. The van der Waals surface area contributed by atoms with Crippen molar-refractivity contribution in [3.05, 3.63) is 83.9 Å². The normalized spacial score (nSPS) is 12.2. The van der Waals surface area contributed by atoms with Crippen LogP contribution in [0.4, 0.5) is 0 Å². The van der Waals surface area contributed by atoms with Crippen molar-refractivity contribution in [2.45, 2.75) is 52.4 Å². The van der Waals surface area contributed by atoms with E-state index in [1.165, 1.54) is 33.4 Å². The molecule has 26 heavy (non-hydrogen) atoms. The van der Waals surface area contributed by atoms with Crippen LogP contribution in [0, 0.1) is 6.07 Å². The zero-order chi connectivity index (χ0) is 18.9. The summed E-state index contributed by atoms with van der Waals surface area (Å²) in [6.07, 6.45) is 0. The lowest BCUT2D eigenvalue weighted by atomic mass is 9.78. The first-order chi connectivity index (χ1) is 12.2. The van der Waals surface area contributed by atoms with Crippen molar-refractivity contribution in [2.24, 2.45) is 0 Å². The topological polar surface area (TPSA) is 0 Å². The highest BCUT2D eigenvalue weighted by atomic mass is 14.3. The Bertz CT molecular complexity index is 825. The van der Waals surface area contributed by atoms with Crippen molar-refractivity contribution >= 4 is 0 Å². The Kier molecular flexibility index (Phi) is 4.80. The molecule has 0 aliphatic heterocycles. The lowest BCUT2D eigenvalue weighted by Crippen LogP contribution is -2.14. The van der Waals surface area contributed by atoms with Crippen molar-refractivity contribution in [2.75, 3.05) is 0 Å². The van der Waals surface area contributed by atoms with Gasteiger partial charge in [0.1, 0.15) is 0 Å². The van der Waals surface area contributed by atoms with Gasteiger partial charge in [-0.15, -0.1) is 0 Å². The minimum Gasteiger partial charge on any atom is -0.0619 e. The Morgan fingerprint density at radius 3 is 1.58 bits per heavy atom. The van der Waals surface area contributed by atoms with E-state index in [-0.39, 0.29) is 10.8 Å².